The van der Waals surface area contributed by atoms with Crippen molar-refractivity contribution in [1.29, 1.82) is 0 Å². The molecule has 14 heteroatoms. The second kappa shape index (κ2) is 9.84. The summed E-state index contributed by atoms with van der Waals surface area (Å²) < 4.78 is 15.6. The molecule has 1 aromatic carbocycles. The van der Waals surface area contributed by atoms with Gasteiger partial charge < -0.3 is 24.2 Å². The molecule has 0 unspecified atom stereocenters. The number of methoxy groups -OCH3 is 2. The zero-order valence-electron chi connectivity index (χ0n) is 18.9. The number of non-ortho nitro benzene ring substituents is 1. The van der Waals surface area contributed by atoms with Gasteiger partial charge in [0.1, 0.15) is 12.3 Å². The van der Waals surface area contributed by atoms with Crippen LogP contribution in [0.3, 0.4) is 0 Å². The molecule has 0 aliphatic carbocycles. The number of thioether (sulfide) groups is 1. The van der Waals surface area contributed by atoms with Gasteiger partial charge >= 0.3 is 18.0 Å². The Bertz CT molecular complexity index is 1180. The summed E-state index contributed by atoms with van der Waals surface area (Å²) in [7, 11) is 2.77. The number of benzene rings is 1. The van der Waals surface area contributed by atoms with Gasteiger partial charge in [0.15, 0.2) is 0 Å². The molecular formula is C21H21N5O8S. The lowest BCUT2D eigenvalue weighted by molar-refractivity contribution is -0.384. The molecule has 3 heterocycles. The van der Waals surface area contributed by atoms with Crippen molar-refractivity contribution in [3.05, 3.63) is 50.5 Å². The standard InChI is InChI=1S/C21H21N5O8S/c1-10(27)15-13-8-14(35-21-23-19(32-2)22-20(24-21)33-3)16(25(13)17(15)28)18(29)34-9-11-4-6-12(7-5-11)26(30)31/h4-7,10,13,15,27H,8-9H2,1-3H3/t10-,13+,15-/m0/s1. The van der Waals surface area contributed by atoms with E-state index in [0.717, 1.165) is 11.8 Å². The Morgan fingerprint density at radius 1 is 1.23 bits per heavy atom. The van der Waals surface area contributed by atoms with E-state index in [4.69, 9.17) is 14.2 Å². The summed E-state index contributed by atoms with van der Waals surface area (Å²) in [6.45, 7) is 1.37. The number of aromatic nitrogens is 3. The van der Waals surface area contributed by atoms with Crippen molar-refractivity contribution < 1.29 is 33.8 Å². The Labute approximate surface area is 203 Å². The van der Waals surface area contributed by atoms with Gasteiger partial charge in [0.05, 0.1) is 37.2 Å². The fourth-order valence-electron chi connectivity index (χ4n) is 3.90. The molecule has 1 amide bonds. The Morgan fingerprint density at radius 2 is 1.86 bits per heavy atom. The molecule has 0 spiro atoms. The van der Waals surface area contributed by atoms with Crippen molar-refractivity contribution in [2.24, 2.45) is 5.92 Å². The molecule has 1 aromatic heterocycles. The lowest BCUT2D eigenvalue weighted by Gasteiger charge is -2.44. The van der Waals surface area contributed by atoms with Crippen molar-refractivity contribution in [2.75, 3.05) is 14.2 Å². The zero-order chi connectivity index (χ0) is 25.3. The number of hydrogen-bond donors (Lipinski definition) is 1. The quantitative estimate of drug-likeness (QED) is 0.227. The van der Waals surface area contributed by atoms with Crippen LogP contribution in [-0.4, -0.2) is 68.1 Å². The maximum Gasteiger partial charge on any atom is 0.356 e. The summed E-state index contributed by atoms with van der Waals surface area (Å²) in [5, 5.41) is 21.0. The first-order valence-corrected chi connectivity index (χ1v) is 11.2. The second-order valence-corrected chi connectivity index (χ2v) is 8.77. The van der Waals surface area contributed by atoms with E-state index in [1.165, 1.54) is 50.3 Å². The molecule has 0 bridgehead atoms. The highest BCUT2D eigenvalue weighted by atomic mass is 32.2. The van der Waals surface area contributed by atoms with Gasteiger partial charge in [-0.25, -0.2) is 4.79 Å². The summed E-state index contributed by atoms with van der Waals surface area (Å²) in [5.41, 5.74) is 0.498. The van der Waals surface area contributed by atoms with Gasteiger partial charge in [-0.2, -0.15) is 9.97 Å². The first kappa shape index (κ1) is 24.3. The van der Waals surface area contributed by atoms with Crippen LogP contribution in [-0.2, 0) is 20.9 Å². The lowest BCUT2D eigenvalue weighted by atomic mass is 9.83. The van der Waals surface area contributed by atoms with Gasteiger partial charge in [0, 0.05) is 23.5 Å². The van der Waals surface area contributed by atoms with Crippen LogP contribution in [0.1, 0.15) is 18.9 Å². The van der Waals surface area contributed by atoms with Gasteiger partial charge in [0.2, 0.25) is 11.1 Å². The molecule has 13 nitrogen and oxygen atoms in total. The number of β-lactam (4-membered cyclic amide) rings is 1. The number of ether oxygens (including phenoxy) is 3. The van der Waals surface area contributed by atoms with Crippen LogP contribution in [0.4, 0.5) is 5.69 Å². The van der Waals surface area contributed by atoms with Crippen molar-refractivity contribution >= 4 is 29.3 Å². The lowest BCUT2D eigenvalue weighted by Crippen LogP contribution is -2.61. The zero-order valence-corrected chi connectivity index (χ0v) is 19.7. The SMILES string of the molecule is COc1nc(OC)nc(SC2=C(C(=O)OCc3ccc([N+](=O)[O-])cc3)N3C(=O)[C@@H]([C@H](C)O)[C@H]3C2)n1. The fraction of sp³-hybridized carbons (Fsp3) is 0.381. The van der Waals surface area contributed by atoms with E-state index >= 15 is 0 Å². The van der Waals surface area contributed by atoms with Crippen LogP contribution in [0.5, 0.6) is 12.0 Å². The van der Waals surface area contributed by atoms with Gasteiger partial charge in [-0.15, -0.1) is 4.98 Å². The number of nitro benzene ring substituents is 1. The summed E-state index contributed by atoms with van der Waals surface area (Å²) in [6, 6.07) is 5.20. The van der Waals surface area contributed by atoms with Crippen molar-refractivity contribution in [1.82, 2.24) is 19.9 Å². The van der Waals surface area contributed by atoms with Gasteiger partial charge in [0.25, 0.3) is 5.69 Å². The molecule has 0 radical (unpaired) electrons. The predicted octanol–water partition coefficient (Wildman–Crippen LogP) is 1.46. The monoisotopic (exact) mass is 503 g/mol. The molecule has 0 saturated carbocycles. The molecule has 2 aliphatic heterocycles. The summed E-state index contributed by atoms with van der Waals surface area (Å²) in [5.74, 6) is -1.78. The number of esters is 1. The number of fused-ring (bicyclic) bond motifs is 1. The Balaban J connectivity index is 1.59. The van der Waals surface area contributed by atoms with E-state index in [9.17, 15) is 24.8 Å². The Hall–Kier alpha value is -3.78. The summed E-state index contributed by atoms with van der Waals surface area (Å²) in [4.78, 5) is 50.2. The number of carbonyl (C=O) groups is 2. The maximum atomic E-state index is 13.1. The maximum absolute atomic E-state index is 13.1. The Morgan fingerprint density at radius 3 is 2.40 bits per heavy atom. The number of carbonyl (C=O) groups excluding carboxylic acids is 2. The number of aliphatic hydroxyl groups is 1. The third-order valence-corrected chi connectivity index (χ3v) is 6.52. The topological polar surface area (TPSA) is 167 Å². The molecule has 2 aliphatic rings. The summed E-state index contributed by atoms with van der Waals surface area (Å²) >= 11 is 1.04. The van der Waals surface area contributed by atoms with Crippen LogP contribution in [0, 0.1) is 16.0 Å². The van der Waals surface area contributed by atoms with Crippen LogP contribution < -0.4 is 9.47 Å². The normalized spacial score (nSPS) is 19.7. The predicted molar refractivity (Wildman–Crippen MR) is 119 cm³/mol. The van der Waals surface area contributed by atoms with Crippen LogP contribution in [0.25, 0.3) is 0 Å². The number of amides is 1. The van der Waals surface area contributed by atoms with E-state index in [1.54, 1.807) is 0 Å². The average molecular weight is 503 g/mol. The van der Waals surface area contributed by atoms with Crippen molar-refractivity contribution in [2.45, 2.75) is 37.3 Å². The minimum absolute atomic E-state index is 0.0152. The number of nitro groups is 1. The highest BCUT2D eigenvalue weighted by Crippen LogP contribution is 2.48. The minimum atomic E-state index is -0.886. The van der Waals surface area contributed by atoms with E-state index in [2.05, 4.69) is 15.0 Å². The molecule has 1 N–H and O–H groups in total. The van der Waals surface area contributed by atoms with Gasteiger partial charge in [-0.3, -0.25) is 14.9 Å². The number of hydrogen-bond acceptors (Lipinski definition) is 12. The third kappa shape index (κ3) is 4.74. The molecular weight excluding hydrogens is 482 g/mol. The molecule has 3 atom stereocenters. The van der Waals surface area contributed by atoms with Gasteiger partial charge in [-0.1, -0.05) is 11.8 Å². The second-order valence-electron chi connectivity index (χ2n) is 7.71. The average Bonchev–Trinajstić information content (AvgIpc) is 3.15. The molecule has 2 aromatic rings. The van der Waals surface area contributed by atoms with E-state index in [0.29, 0.717) is 16.9 Å². The van der Waals surface area contributed by atoms with Crippen molar-refractivity contribution in [3.8, 4) is 12.0 Å². The van der Waals surface area contributed by atoms with Crippen molar-refractivity contribution in [3.63, 3.8) is 0 Å². The number of rotatable bonds is 9. The molecule has 184 valence electrons. The first-order chi connectivity index (χ1) is 16.7. The largest absolute Gasteiger partial charge is 0.467 e. The molecule has 4 rings (SSSR count). The smallest absolute Gasteiger partial charge is 0.356 e. The van der Waals surface area contributed by atoms with E-state index < -0.39 is 29.0 Å². The van der Waals surface area contributed by atoms with Crippen LogP contribution in [0.2, 0.25) is 0 Å². The van der Waals surface area contributed by atoms with E-state index in [1.807, 2.05) is 0 Å². The first-order valence-electron chi connectivity index (χ1n) is 10.4. The highest BCUT2D eigenvalue weighted by Gasteiger charge is 2.57. The fourth-order valence-corrected chi connectivity index (χ4v) is 4.90. The number of nitrogens with zero attached hydrogens (tertiary/aromatic N) is 5. The van der Waals surface area contributed by atoms with Crippen LogP contribution in [0.15, 0.2) is 40.0 Å². The minimum Gasteiger partial charge on any atom is -0.467 e. The molecule has 35 heavy (non-hydrogen) atoms. The molecule has 1 fully saturated rings. The van der Waals surface area contributed by atoms with Gasteiger partial charge in [-0.05, 0) is 24.6 Å². The van der Waals surface area contributed by atoms with Crippen LogP contribution >= 0.6 is 11.8 Å². The Kier molecular flexibility index (Phi) is 6.84. The third-order valence-electron chi connectivity index (χ3n) is 5.55. The highest BCUT2D eigenvalue weighted by molar-refractivity contribution is 8.03. The molecule has 1 saturated heterocycles. The number of aliphatic hydroxyl groups excluding tert-OH is 1. The summed E-state index contributed by atoms with van der Waals surface area (Å²) in [6.07, 6.45) is -0.590. The van der Waals surface area contributed by atoms with E-state index in [-0.39, 0.29) is 41.1 Å².